The van der Waals surface area contributed by atoms with E-state index in [1.54, 1.807) is 18.3 Å². The van der Waals surface area contributed by atoms with Crippen molar-refractivity contribution in [2.45, 2.75) is 41.5 Å². The van der Waals surface area contributed by atoms with Crippen LogP contribution in [0.25, 0.3) is 5.69 Å². The Morgan fingerprint density at radius 3 is 2.21 bits per heavy atom. The van der Waals surface area contributed by atoms with Crippen molar-refractivity contribution < 1.29 is 13.2 Å². The number of sulfonamides is 1. The second-order valence-corrected chi connectivity index (χ2v) is 10.6. The van der Waals surface area contributed by atoms with Crippen molar-refractivity contribution in [3.63, 3.8) is 0 Å². The highest BCUT2D eigenvalue weighted by atomic mass is 32.2. The molecule has 1 heterocycles. The summed E-state index contributed by atoms with van der Waals surface area (Å²) in [4.78, 5) is 12.5. The highest BCUT2D eigenvalue weighted by Gasteiger charge is 2.21. The van der Waals surface area contributed by atoms with Gasteiger partial charge in [-0.25, -0.2) is 13.8 Å². The number of nitrogens with one attached hydrogen (secondary N) is 1. The molecule has 0 aliphatic rings. The smallest absolute Gasteiger partial charge is 0.260 e. The van der Waals surface area contributed by atoms with Crippen LogP contribution in [0.5, 0.6) is 0 Å². The average molecular weight is 481 g/mol. The lowest BCUT2D eigenvalue weighted by Crippen LogP contribution is -2.39. The summed E-state index contributed by atoms with van der Waals surface area (Å²) in [5.41, 5.74) is 11.3. The van der Waals surface area contributed by atoms with E-state index >= 15 is 0 Å². The molecule has 0 aliphatic carbocycles. The summed E-state index contributed by atoms with van der Waals surface area (Å²) >= 11 is 0. The number of aryl methyl sites for hydroxylation is 5. The number of carbonyl (C=O) groups excluding carboxylic acids is 1. The van der Waals surface area contributed by atoms with Gasteiger partial charge in [-0.15, -0.1) is 0 Å². The molecule has 0 fully saturated rings. The number of nitrogens with zero attached hydrogens (tertiary/aromatic N) is 3. The zero-order chi connectivity index (χ0) is 25.2. The van der Waals surface area contributed by atoms with Gasteiger partial charge in [-0.3, -0.25) is 9.10 Å². The Kier molecular flexibility index (Phi) is 7.31. The van der Waals surface area contributed by atoms with Gasteiger partial charge in [0.05, 0.1) is 23.8 Å². The third-order valence-electron chi connectivity index (χ3n) is 5.99. The van der Waals surface area contributed by atoms with E-state index in [0.29, 0.717) is 5.69 Å². The van der Waals surface area contributed by atoms with Gasteiger partial charge in [-0.2, -0.15) is 5.10 Å². The Hall–Kier alpha value is -3.39. The minimum absolute atomic E-state index is 0.361. The molecule has 3 rings (SSSR count). The van der Waals surface area contributed by atoms with Crippen LogP contribution in [0.2, 0.25) is 0 Å². The molecule has 34 heavy (non-hydrogen) atoms. The molecule has 1 N–H and O–H groups in total. The van der Waals surface area contributed by atoms with Crippen LogP contribution in [-0.4, -0.2) is 37.9 Å². The number of amides is 1. The molecular weight excluding hydrogens is 448 g/mol. The van der Waals surface area contributed by atoms with Crippen molar-refractivity contribution in [1.82, 2.24) is 9.99 Å². The molecule has 3 aromatic rings. The fourth-order valence-corrected chi connectivity index (χ4v) is 4.89. The number of hydrazone groups is 1. The minimum atomic E-state index is -3.65. The number of carbonyl (C=O) groups is 1. The molecule has 0 radical (unpaired) electrons. The summed E-state index contributed by atoms with van der Waals surface area (Å²) in [6.45, 7) is 11.7. The van der Waals surface area contributed by atoms with Gasteiger partial charge in [-0.1, -0.05) is 24.3 Å². The average Bonchev–Trinajstić information content (AvgIpc) is 3.01. The van der Waals surface area contributed by atoms with E-state index in [9.17, 15) is 13.2 Å². The molecule has 0 spiro atoms. The first-order chi connectivity index (χ1) is 15.9. The van der Waals surface area contributed by atoms with Gasteiger partial charge in [-0.05, 0) is 82.0 Å². The van der Waals surface area contributed by atoms with Crippen molar-refractivity contribution >= 4 is 27.8 Å². The topological polar surface area (TPSA) is 83.8 Å². The van der Waals surface area contributed by atoms with Crippen LogP contribution in [0.15, 0.2) is 47.6 Å². The van der Waals surface area contributed by atoms with E-state index in [1.165, 1.54) is 11.1 Å². The second-order valence-electron chi connectivity index (χ2n) is 8.73. The van der Waals surface area contributed by atoms with Gasteiger partial charge < -0.3 is 4.57 Å². The number of rotatable bonds is 7. The third kappa shape index (κ3) is 5.39. The Morgan fingerprint density at radius 2 is 1.62 bits per heavy atom. The van der Waals surface area contributed by atoms with Crippen LogP contribution in [0.3, 0.4) is 0 Å². The highest BCUT2D eigenvalue weighted by molar-refractivity contribution is 7.92. The van der Waals surface area contributed by atoms with E-state index < -0.39 is 15.9 Å². The monoisotopic (exact) mass is 480 g/mol. The Morgan fingerprint density at radius 1 is 0.971 bits per heavy atom. The largest absolute Gasteiger partial charge is 0.317 e. The van der Waals surface area contributed by atoms with Gasteiger partial charge >= 0.3 is 0 Å². The predicted octanol–water partition coefficient (Wildman–Crippen LogP) is 4.24. The summed E-state index contributed by atoms with van der Waals surface area (Å²) in [5, 5.41) is 4.10. The predicted molar refractivity (Wildman–Crippen MR) is 139 cm³/mol. The number of para-hydroxylation sites is 1. The Bertz CT molecular complexity index is 1350. The van der Waals surface area contributed by atoms with E-state index in [2.05, 4.69) is 41.1 Å². The minimum Gasteiger partial charge on any atom is -0.317 e. The van der Waals surface area contributed by atoms with Crippen LogP contribution in [0.1, 0.15) is 39.2 Å². The summed E-state index contributed by atoms with van der Waals surface area (Å²) in [5.74, 6) is -0.525. The van der Waals surface area contributed by atoms with E-state index in [-0.39, 0.29) is 6.54 Å². The number of aromatic nitrogens is 1. The Balaban J connectivity index is 1.79. The normalized spacial score (nSPS) is 11.7. The maximum Gasteiger partial charge on any atom is 0.260 e. The van der Waals surface area contributed by atoms with Crippen molar-refractivity contribution in [2.75, 3.05) is 17.1 Å². The molecule has 0 aliphatic heterocycles. The standard InChI is InChI=1S/C26H32N4O3S/c1-17-11-12-24(13-20(17)4)29(34(7,32)33)16-25(31)28-27-15-23-14-21(5)30(22(23)6)26-18(2)9-8-10-19(26)3/h8-15H,16H2,1-7H3,(H,28,31)/b27-15-. The molecular formula is C26H32N4O3S. The van der Waals surface area contributed by atoms with Crippen LogP contribution in [0.4, 0.5) is 5.69 Å². The number of benzene rings is 2. The van der Waals surface area contributed by atoms with Crippen molar-refractivity contribution in [3.8, 4) is 5.69 Å². The summed E-state index contributed by atoms with van der Waals surface area (Å²) < 4.78 is 27.9. The molecule has 0 unspecified atom stereocenters. The molecule has 2 aromatic carbocycles. The van der Waals surface area contributed by atoms with Crippen LogP contribution in [-0.2, 0) is 14.8 Å². The van der Waals surface area contributed by atoms with E-state index in [0.717, 1.165) is 44.3 Å². The first-order valence-electron chi connectivity index (χ1n) is 11.0. The van der Waals surface area contributed by atoms with Crippen molar-refractivity contribution in [3.05, 3.63) is 81.7 Å². The fourth-order valence-electron chi connectivity index (χ4n) is 4.04. The summed E-state index contributed by atoms with van der Waals surface area (Å²) in [6.07, 6.45) is 2.67. The second kappa shape index (κ2) is 9.85. The zero-order valence-electron chi connectivity index (χ0n) is 20.8. The summed E-state index contributed by atoms with van der Waals surface area (Å²) in [6, 6.07) is 13.5. The first kappa shape index (κ1) is 25.2. The fraction of sp³-hybridized carbons (Fsp3) is 0.308. The lowest BCUT2D eigenvalue weighted by molar-refractivity contribution is -0.119. The number of hydrogen-bond donors (Lipinski definition) is 1. The summed E-state index contributed by atoms with van der Waals surface area (Å²) in [7, 11) is -3.65. The highest BCUT2D eigenvalue weighted by Crippen LogP contribution is 2.25. The maximum atomic E-state index is 12.5. The Labute approximate surface area is 202 Å². The van der Waals surface area contributed by atoms with Gasteiger partial charge in [0.25, 0.3) is 5.91 Å². The maximum absolute atomic E-state index is 12.5. The first-order valence-corrected chi connectivity index (χ1v) is 12.9. The third-order valence-corrected chi connectivity index (χ3v) is 7.13. The van der Waals surface area contributed by atoms with Crippen LogP contribution in [0, 0.1) is 41.5 Å². The van der Waals surface area contributed by atoms with Gasteiger partial charge in [0.1, 0.15) is 6.54 Å². The van der Waals surface area contributed by atoms with Crippen LogP contribution < -0.4 is 9.73 Å². The number of anilines is 1. The SMILES string of the molecule is Cc1ccc(N(CC(=O)N/N=C\c2cc(C)n(-c3c(C)cccc3C)c2C)S(C)(=O)=O)cc1C. The van der Waals surface area contributed by atoms with E-state index in [1.807, 2.05) is 45.9 Å². The lowest BCUT2D eigenvalue weighted by atomic mass is 10.1. The molecule has 0 atom stereocenters. The molecule has 0 bridgehead atoms. The zero-order valence-corrected chi connectivity index (χ0v) is 21.6. The molecule has 0 saturated carbocycles. The quantitative estimate of drug-likeness (QED) is 0.405. The van der Waals surface area contributed by atoms with Gasteiger partial charge in [0.2, 0.25) is 10.0 Å². The lowest BCUT2D eigenvalue weighted by Gasteiger charge is -2.22. The molecule has 1 aromatic heterocycles. The van der Waals surface area contributed by atoms with Gasteiger partial charge in [0.15, 0.2) is 0 Å². The van der Waals surface area contributed by atoms with Crippen LogP contribution >= 0.6 is 0 Å². The molecule has 7 nitrogen and oxygen atoms in total. The molecule has 180 valence electrons. The molecule has 0 saturated heterocycles. The number of hydrogen-bond acceptors (Lipinski definition) is 4. The van der Waals surface area contributed by atoms with E-state index in [4.69, 9.17) is 0 Å². The van der Waals surface area contributed by atoms with Crippen molar-refractivity contribution in [2.24, 2.45) is 5.10 Å². The van der Waals surface area contributed by atoms with Gasteiger partial charge in [0, 0.05) is 17.0 Å². The molecule has 8 heteroatoms. The van der Waals surface area contributed by atoms with Crippen molar-refractivity contribution in [1.29, 1.82) is 0 Å². The molecule has 1 amide bonds.